The van der Waals surface area contributed by atoms with E-state index in [1.54, 1.807) is 6.07 Å². The predicted molar refractivity (Wildman–Crippen MR) is 107 cm³/mol. The van der Waals surface area contributed by atoms with Crippen molar-refractivity contribution in [3.8, 4) is 22.5 Å². The van der Waals surface area contributed by atoms with Crippen LogP contribution in [0.15, 0.2) is 59.1 Å². The molecule has 4 aromatic rings. The summed E-state index contributed by atoms with van der Waals surface area (Å²) in [4.78, 5) is 15.8. The molecule has 7 heteroatoms. The first-order valence-corrected chi connectivity index (χ1v) is 8.99. The number of nitrogens with one attached hydrogen (secondary N) is 2. The normalized spacial score (nSPS) is 10.9. The number of fused-ring (bicyclic) bond motifs is 1. The molecule has 2 aromatic heterocycles. The molecule has 0 fully saturated rings. The topological polar surface area (TPSA) is 70.7 Å². The Kier molecular flexibility index (Phi) is 4.45. The van der Waals surface area contributed by atoms with Gasteiger partial charge in [0.15, 0.2) is 5.65 Å². The summed E-state index contributed by atoms with van der Waals surface area (Å²) in [6.45, 7) is 1.47. The van der Waals surface area contributed by atoms with Crippen molar-refractivity contribution < 1.29 is 9.18 Å². The molecule has 0 radical (unpaired) electrons. The van der Waals surface area contributed by atoms with Crippen LogP contribution < -0.4 is 5.32 Å². The number of halogens is 2. The van der Waals surface area contributed by atoms with E-state index in [4.69, 9.17) is 0 Å². The number of carbonyl (C=O) groups excluding carboxylic acids is 1. The van der Waals surface area contributed by atoms with E-state index in [0.29, 0.717) is 27.1 Å². The van der Waals surface area contributed by atoms with Crippen molar-refractivity contribution >= 4 is 38.6 Å². The van der Waals surface area contributed by atoms with Crippen LogP contribution >= 0.6 is 15.9 Å². The van der Waals surface area contributed by atoms with E-state index in [2.05, 4.69) is 36.4 Å². The van der Waals surface area contributed by atoms with E-state index < -0.39 is 0 Å². The SMILES string of the molecule is CC(=O)Nc1cccc(-c2ccc3c(-c4ccc(Br)c(F)c4)[nH]nc3n2)c1. The molecule has 0 aliphatic heterocycles. The first kappa shape index (κ1) is 17.4. The number of pyridine rings is 1. The lowest BCUT2D eigenvalue weighted by atomic mass is 10.1. The van der Waals surface area contributed by atoms with Gasteiger partial charge in [-0.2, -0.15) is 5.10 Å². The Morgan fingerprint density at radius 2 is 1.96 bits per heavy atom. The maximum Gasteiger partial charge on any atom is 0.221 e. The molecule has 0 unspecified atom stereocenters. The third-order valence-electron chi connectivity index (χ3n) is 4.11. The minimum Gasteiger partial charge on any atom is -0.326 e. The quantitative estimate of drug-likeness (QED) is 0.477. The largest absolute Gasteiger partial charge is 0.326 e. The van der Waals surface area contributed by atoms with Gasteiger partial charge in [0.2, 0.25) is 5.91 Å². The molecule has 134 valence electrons. The average Bonchev–Trinajstić information content (AvgIpc) is 3.07. The highest BCUT2D eigenvalue weighted by molar-refractivity contribution is 9.10. The van der Waals surface area contributed by atoms with Crippen LogP contribution in [0.4, 0.5) is 10.1 Å². The lowest BCUT2D eigenvalue weighted by Crippen LogP contribution is -2.05. The van der Waals surface area contributed by atoms with Gasteiger partial charge in [-0.05, 0) is 52.3 Å². The monoisotopic (exact) mass is 424 g/mol. The zero-order valence-corrected chi connectivity index (χ0v) is 15.8. The average molecular weight is 425 g/mol. The molecule has 0 saturated carbocycles. The maximum absolute atomic E-state index is 13.9. The minimum atomic E-state index is -0.338. The Bertz CT molecular complexity index is 1170. The van der Waals surface area contributed by atoms with Gasteiger partial charge < -0.3 is 5.32 Å². The number of rotatable bonds is 3. The molecule has 0 aliphatic carbocycles. The molecular formula is C20H14BrFN4O. The highest BCUT2D eigenvalue weighted by Crippen LogP contribution is 2.30. The fourth-order valence-corrected chi connectivity index (χ4v) is 3.14. The molecule has 0 saturated heterocycles. The number of benzene rings is 2. The lowest BCUT2D eigenvalue weighted by Gasteiger charge is -2.06. The van der Waals surface area contributed by atoms with E-state index in [1.165, 1.54) is 13.0 Å². The molecule has 2 heterocycles. The van der Waals surface area contributed by atoms with Gasteiger partial charge in [0, 0.05) is 29.1 Å². The first-order chi connectivity index (χ1) is 13.0. The van der Waals surface area contributed by atoms with E-state index in [9.17, 15) is 9.18 Å². The van der Waals surface area contributed by atoms with Gasteiger partial charge in [-0.3, -0.25) is 9.89 Å². The van der Waals surface area contributed by atoms with Gasteiger partial charge in [-0.25, -0.2) is 9.37 Å². The molecule has 1 amide bonds. The summed E-state index contributed by atoms with van der Waals surface area (Å²) in [7, 11) is 0. The summed E-state index contributed by atoms with van der Waals surface area (Å²) < 4.78 is 14.3. The minimum absolute atomic E-state index is 0.130. The number of aromatic nitrogens is 3. The van der Waals surface area contributed by atoms with E-state index in [0.717, 1.165) is 16.6 Å². The van der Waals surface area contributed by atoms with E-state index in [1.807, 2.05) is 42.5 Å². The van der Waals surface area contributed by atoms with Crippen LogP contribution in [0.2, 0.25) is 0 Å². The zero-order valence-electron chi connectivity index (χ0n) is 14.3. The van der Waals surface area contributed by atoms with Crippen LogP contribution in [-0.4, -0.2) is 21.1 Å². The lowest BCUT2D eigenvalue weighted by molar-refractivity contribution is -0.114. The van der Waals surface area contributed by atoms with Gasteiger partial charge in [-0.1, -0.05) is 18.2 Å². The predicted octanol–water partition coefficient (Wildman–Crippen LogP) is 5.15. The molecule has 5 nitrogen and oxygen atoms in total. The molecule has 2 aromatic carbocycles. The second-order valence-corrected chi connectivity index (χ2v) is 6.91. The van der Waals surface area contributed by atoms with Gasteiger partial charge in [0.25, 0.3) is 0 Å². The number of aromatic amines is 1. The van der Waals surface area contributed by atoms with Gasteiger partial charge in [0.05, 0.1) is 15.9 Å². The van der Waals surface area contributed by atoms with Crippen LogP contribution in [0.3, 0.4) is 0 Å². The summed E-state index contributed by atoms with van der Waals surface area (Å²) in [5.41, 5.74) is 4.24. The Labute approximate surface area is 162 Å². The molecule has 0 bridgehead atoms. The van der Waals surface area contributed by atoms with Crippen molar-refractivity contribution in [2.75, 3.05) is 5.32 Å². The smallest absolute Gasteiger partial charge is 0.221 e. The summed E-state index contributed by atoms with van der Waals surface area (Å²) >= 11 is 3.16. The zero-order chi connectivity index (χ0) is 19.0. The Morgan fingerprint density at radius 3 is 2.74 bits per heavy atom. The molecule has 0 aliphatic rings. The summed E-state index contributed by atoms with van der Waals surface area (Å²) in [5.74, 6) is -0.469. The van der Waals surface area contributed by atoms with Crippen molar-refractivity contribution in [2.45, 2.75) is 6.92 Å². The van der Waals surface area contributed by atoms with Gasteiger partial charge >= 0.3 is 0 Å². The van der Waals surface area contributed by atoms with Crippen LogP contribution in [0.5, 0.6) is 0 Å². The van der Waals surface area contributed by atoms with Crippen LogP contribution in [0.25, 0.3) is 33.5 Å². The number of hydrogen-bond acceptors (Lipinski definition) is 3. The van der Waals surface area contributed by atoms with E-state index in [-0.39, 0.29) is 11.7 Å². The number of H-pyrrole nitrogens is 1. The summed E-state index contributed by atoms with van der Waals surface area (Å²) in [6, 6.07) is 16.1. The van der Waals surface area contributed by atoms with Crippen LogP contribution in [0.1, 0.15) is 6.92 Å². The highest BCUT2D eigenvalue weighted by atomic mass is 79.9. The van der Waals surface area contributed by atoms with Crippen molar-refractivity contribution in [1.29, 1.82) is 0 Å². The molecule has 0 atom stereocenters. The van der Waals surface area contributed by atoms with Crippen molar-refractivity contribution in [2.24, 2.45) is 0 Å². The summed E-state index contributed by atoms with van der Waals surface area (Å²) in [6.07, 6.45) is 0. The van der Waals surface area contributed by atoms with Crippen LogP contribution in [0, 0.1) is 5.82 Å². The second-order valence-electron chi connectivity index (χ2n) is 6.06. The van der Waals surface area contributed by atoms with Crippen molar-refractivity contribution in [1.82, 2.24) is 15.2 Å². The molecule has 0 spiro atoms. The van der Waals surface area contributed by atoms with Crippen LogP contribution in [-0.2, 0) is 4.79 Å². The number of hydrogen-bond donors (Lipinski definition) is 2. The first-order valence-electron chi connectivity index (χ1n) is 8.20. The molecule has 2 N–H and O–H groups in total. The molecule has 4 rings (SSSR count). The third kappa shape index (κ3) is 3.46. The highest BCUT2D eigenvalue weighted by Gasteiger charge is 2.12. The molecule has 27 heavy (non-hydrogen) atoms. The van der Waals surface area contributed by atoms with Crippen molar-refractivity contribution in [3.63, 3.8) is 0 Å². The Balaban J connectivity index is 1.74. The van der Waals surface area contributed by atoms with Gasteiger partial charge in [0.1, 0.15) is 5.82 Å². The standard InChI is InChI=1S/C20H14BrFN4O/c1-11(27)23-14-4-2-3-12(9-14)18-8-6-15-19(25-26-20(15)24-18)13-5-7-16(21)17(22)10-13/h2-10H,1H3,(H,23,27)(H,24,25,26). The third-order valence-corrected chi connectivity index (χ3v) is 4.75. The fraction of sp³-hybridized carbons (Fsp3) is 0.0500. The number of nitrogens with zero attached hydrogens (tertiary/aromatic N) is 2. The van der Waals surface area contributed by atoms with E-state index >= 15 is 0 Å². The number of anilines is 1. The summed E-state index contributed by atoms with van der Waals surface area (Å²) in [5, 5.41) is 10.8. The number of carbonyl (C=O) groups is 1. The maximum atomic E-state index is 13.9. The second kappa shape index (κ2) is 6.92. The number of amides is 1. The molecular weight excluding hydrogens is 411 g/mol. The Hall–Kier alpha value is -3.06. The Morgan fingerprint density at radius 1 is 1.11 bits per heavy atom. The fourth-order valence-electron chi connectivity index (χ4n) is 2.89. The van der Waals surface area contributed by atoms with Crippen molar-refractivity contribution in [3.05, 3.63) is 64.9 Å². The van der Waals surface area contributed by atoms with Gasteiger partial charge in [-0.15, -0.1) is 0 Å².